The topological polar surface area (TPSA) is 91.3 Å². The van der Waals surface area contributed by atoms with Crippen LogP contribution < -0.4 is 9.47 Å². The van der Waals surface area contributed by atoms with Crippen LogP contribution in [0.3, 0.4) is 0 Å². The second kappa shape index (κ2) is 9.68. The highest BCUT2D eigenvalue weighted by atomic mass is 16.6. The minimum absolute atomic E-state index is 0.0767. The number of aromatic carboxylic acids is 1. The Kier molecular flexibility index (Phi) is 7.90. The summed E-state index contributed by atoms with van der Waals surface area (Å²) in [5.41, 5.74) is 0.698. The van der Waals surface area contributed by atoms with Crippen molar-refractivity contribution in [2.75, 3.05) is 33.5 Å². The van der Waals surface area contributed by atoms with Crippen molar-refractivity contribution in [2.45, 2.75) is 20.3 Å². The molecule has 23 heavy (non-hydrogen) atoms. The Hall–Kier alpha value is -2.28. The number of esters is 1. The number of carbonyl (C=O) groups is 2. The first-order chi connectivity index (χ1) is 11.0. The number of carboxylic acid groups (broad SMARTS) is 1. The van der Waals surface area contributed by atoms with E-state index >= 15 is 0 Å². The molecule has 1 rings (SSSR count). The Morgan fingerprint density at radius 1 is 1.09 bits per heavy atom. The monoisotopic (exact) mass is 326 g/mol. The van der Waals surface area contributed by atoms with Crippen LogP contribution in [0.2, 0.25) is 0 Å². The molecule has 0 bridgehead atoms. The highest BCUT2D eigenvalue weighted by Gasteiger charge is 2.19. The number of hydrogen-bond acceptors (Lipinski definition) is 6. The van der Waals surface area contributed by atoms with Crippen molar-refractivity contribution < 1.29 is 33.6 Å². The van der Waals surface area contributed by atoms with Crippen molar-refractivity contribution in [2.24, 2.45) is 0 Å². The quantitative estimate of drug-likeness (QED) is 0.519. The van der Waals surface area contributed by atoms with Gasteiger partial charge in [0.2, 0.25) is 0 Å². The molecule has 0 aliphatic carbocycles. The number of carboxylic acids is 1. The third-order valence-corrected chi connectivity index (χ3v) is 2.99. The fourth-order valence-corrected chi connectivity index (χ4v) is 1.99. The summed E-state index contributed by atoms with van der Waals surface area (Å²) in [6.45, 7) is 4.03. The molecule has 0 unspecified atom stereocenters. The lowest BCUT2D eigenvalue weighted by Gasteiger charge is -2.17. The zero-order chi connectivity index (χ0) is 17.2. The molecule has 0 fully saturated rings. The second-order valence-corrected chi connectivity index (χ2v) is 4.61. The Morgan fingerprint density at radius 3 is 2.35 bits per heavy atom. The minimum Gasteiger partial charge on any atom is -0.487 e. The zero-order valence-corrected chi connectivity index (χ0v) is 13.6. The van der Waals surface area contributed by atoms with E-state index in [2.05, 4.69) is 0 Å². The van der Waals surface area contributed by atoms with Gasteiger partial charge < -0.3 is 24.1 Å². The summed E-state index contributed by atoms with van der Waals surface area (Å²) in [4.78, 5) is 22.1. The number of carbonyl (C=O) groups excluding carboxylic acids is 1. The van der Waals surface area contributed by atoms with Crippen LogP contribution in [0.4, 0.5) is 0 Å². The Morgan fingerprint density at radius 2 is 1.78 bits per heavy atom. The van der Waals surface area contributed by atoms with Crippen molar-refractivity contribution in [3.8, 4) is 11.5 Å². The molecule has 0 atom stereocenters. The summed E-state index contributed by atoms with van der Waals surface area (Å²) in [7, 11) is 1.56. The number of benzene rings is 1. The van der Waals surface area contributed by atoms with Crippen molar-refractivity contribution >= 4 is 11.9 Å². The minimum atomic E-state index is -1.03. The maximum absolute atomic E-state index is 11.3. The van der Waals surface area contributed by atoms with Gasteiger partial charge in [-0.15, -0.1) is 0 Å². The molecule has 0 aliphatic rings. The molecular formula is C16H22O7. The lowest BCUT2D eigenvalue weighted by molar-refractivity contribution is -0.141. The van der Waals surface area contributed by atoms with E-state index in [1.54, 1.807) is 13.2 Å². The molecule has 0 saturated heterocycles. The fraction of sp³-hybridized carbons (Fsp3) is 0.500. The van der Waals surface area contributed by atoms with E-state index in [0.29, 0.717) is 36.7 Å². The Bertz CT molecular complexity index is 539. The largest absolute Gasteiger partial charge is 0.487 e. The zero-order valence-electron chi connectivity index (χ0n) is 13.6. The van der Waals surface area contributed by atoms with E-state index in [4.69, 9.17) is 18.9 Å². The maximum atomic E-state index is 11.3. The number of methoxy groups -OCH3 is 1. The second-order valence-electron chi connectivity index (χ2n) is 4.61. The van der Waals surface area contributed by atoms with Gasteiger partial charge in [0.1, 0.15) is 19.8 Å². The Labute approximate surface area is 135 Å². The smallest absolute Gasteiger partial charge is 0.336 e. The molecule has 0 spiro atoms. The van der Waals surface area contributed by atoms with Gasteiger partial charge in [-0.05, 0) is 18.6 Å². The lowest BCUT2D eigenvalue weighted by Crippen LogP contribution is -2.14. The maximum Gasteiger partial charge on any atom is 0.336 e. The van der Waals surface area contributed by atoms with Crippen LogP contribution in [0.15, 0.2) is 12.1 Å². The molecule has 0 amide bonds. The van der Waals surface area contributed by atoms with Crippen LogP contribution in [0.5, 0.6) is 11.5 Å². The molecule has 0 aliphatic heterocycles. The summed E-state index contributed by atoms with van der Waals surface area (Å²) in [6, 6.07) is 3.04. The van der Waals surface area contributed by atoms with Crippen molar-refractivity contribution in [3.05, 3.63) is 23.3 Å². The fourth-order valence-electron chi connectivity index (χ4n) is 1.99. The van der Waals surface area contributed by atoms with Gasteiger partial charge in [0.05, 0.1) is 12.2 Å². The van der Waals surface area contributed by atoms with Gasteiger partial charge in [-0.2, -0.15) is 0 Å². The van der Waals surface area contributed by atoms with Crippen LogP contribution >= 0.6 is 0 Å². The first kappa shape index (κ1) is 18.8. The van der Waals surface area contributed by atoms with E-state index in [0.717, 1.165) is 0 Å². The molecule has 0 aromatic heterocycles. The highest BCUT2D eigenvalue weighted by Crippen LogP contribution is 2.34. The normalized spacial score (nSPS) is 10.2. The molecule has 1 aromatic rings. The van der Waals surface area contributed by atoms with Gasteiger partial charge in [-0.1, -0.05) is 6.92 Å². The average molecular weight is 326 g/mol. The molecule has 1 N–H and O–H groups in total. The number of hydrogen-bond donors (Lipinski definition) is 1. The van der Waals surface area contributed by atoms with E-state index in [1.165, 1.54) is 13.0 Å². The summed E-state index contributed by atoms with van der Waals surface area (Å²) >= 11 is 0. The Balaban J connectivity index is 2.99. The van der Waals surface area contributed by atoms with Gasteiger partial charge in [0.15, 0.2) is 11.5 Å². The van der Waals surface area contributed by atoms with E-state index in [9.17, 15) is 14.7 Å². The molecule has 7 nitrogen and oxygen atoms in total. The molecule has 128 valence electrons. The predicted molar refractivity (Wildman–Crippen MR) is 82.3 cm³/mol. The van der Waals surface area contributed by atoms with Gasteiger partial charge >= 0.3 is 11.9 Å². The van der Waals surface area contributed by atoms with Gasteiger partial charge in [-0.25, -0.2) is 4.79 Å². The third-order valence-electron chi connectivity index (χ3n) is 2.99. The highest BCUT2D eigenvalue weighted by molar-refractivity contribution is 5.90. The summed E-state index contributed by atoms with van der Waals surface area (Å²) in [6.07, 6.45) is 0.464. The average Bonchev–Trinajstić information content (AvgIpc) is 2.51. The lowest BCUT2D eigenvalue weighted by atomic mass is 10.0. The third kappa shape index (κ3) is 5.78. The van der Waals surface area contributed by atoms with Crippen LogP contribution in [-0.2, 0) is 20.7 Å². The molecule has 0 radical (unpaired) electrons. The SMILES string of the molecule is CCc1c(C(=O)O)ccc(OCCOC)c1OCCOC(C)=O. The van der Waals surface area contributed by atoms with Crippen LogP contribution in [0.1, 0.15) is 29.8 Å². The number of ether oxygens (including phenoxy) is 4. The predicted octanol–water partition coefficient (Wildman–Crippen LogP) is 1.91. The number of rotatable bonds is 10. The van der Waals surface area contributed by atoms with Gasteiger partial charge in [-0.3, -0.25) is 4.79 Å². The first-order valence-electron chi connectivity index (χ1n) is 7.28. The molecule has 7 heteroatoms. The molecular weight excluding hydrogens is 304 g/mol. The summed E-state index contributed by atoms with van der Waals surface area (Å²) in [5.74, 6) is -0.641. The molecule has 0 saturated carbocycles. The van der Waals surface area contributed by atoms with Gasteiger partial charge in [0.25, 0.3) is 0 Å². The van der Waals surface area contributed by atoms with Crippen molar-refractivity contribution in [3.63, 3.8) is 0 Å². The standard InChI is InChI=1S/C16H22O7/c1-4-12-13(16(18)19)5-6-14(22-8-7-20-3)15(12)23-10-9-21-11(2)17/h5-6H,4,7-10H2,1-3H3,(H,18,19). The summed E-state index contributed by atoms with van der Waals surface area (Å²) in [5, 5.41) is 9.28. The molecule has 1 aromatic carbocycles. The van der Waals surface area contributed by atoms with E-state index in [-0.39, 0.29) is 18.8 Å². The first-order valence-corrected chi connectivity index (χ1v) is 7.28. The summed E-state index contributed by atoms with van der Waals surface area (Å²) < 4.78 is 20.9. The van der Waals surface area contributed by atoms with Crippen LogP contribution in [0, 0.1) is 0 Å². The van der Waals surface area contributed by atoms with Crippen LogP contribution in [0.25, 0.3) is 0 Å². The van der Waals surface area contributed by atoms with Crippen molar-refractivity contribution in [1.29, 1.82) is 0 Å². The van der Waals surface area contributed by atoms with Gasteiger partial charge in [0, 0.05) is 19.6 Å². The van der Waals surface area contributed by atoms with E-state index < -0.39 is 11.9 Å². The van der Waals surface area contributed by atoms with Crippen molar-refractivity contribution in [1.82, 2.24) is 0 Å². The van der Waals surface area contributed by atoms with Crippen LogP contribution in [-0.4, -0.2) is 50.6 Å². The van der Waals surface area contributed by atoms with E-state index in [1.807, 2.05) is 6.92 Å². The molecule has 0 heterocycles.